The van der Waals surface area contributed by atoms with Crippen LogP contribution in [0, 0.1) is 5.92 Å². The fourth-order valence-corrected chi connectivity index (χ4v) is 0.482. The lowest BCUT2D eigenvalue weighted by molar-refractivity contribution is 0.631. The molecule has 0 N–H and O–H groups in total. The van der Waals surface area contributed by atoms with Gasteiger partial charge in [-0.15, -0.1) is 0 Å². The van der Waals surface area contributed by atoms with Crippen molar-refractivity contribution in [3.8, 4) is 0 Å². The molecule has 0 spiro atoms. The van der Waals surface area contributed by atoms with E-state index in [2.05, 4.69) is 19.2 Å². The normalized spacial score (nSPS) is 31.5. The second kappa shape index (κ2) is 1.23. The first-order valence-corrected chi connectivity index (χ1v) is 2.47. The number of hydrogen-bond acceptors (Lipinski definition) is 0. The SMILES string of the molecule is CC(C)C1C[N]1. The predicted molar refractivity (Wildman–Crippen MR) is 25.6 cm³/mol. The third-order valence-electron chi connectivity index (χ3n) is 1.16. The van der Waals surface area contributed by atoms with Crippen LogP contribution in [0.25, 0.3) is 0 Å². The van der Waals surface area contributed by atoms with E-state index in [0.29, 0.717) is 0 Å². The van der Waals surface area contributed by atoms with Gasteiger partial charge in [0.1, 0.15) is 0 Å². The molecule has 0 aromatic carbocycles. The molecule has 0 aromatic rings. The summed E-state index contributed by atoms with van der Waals surface area (Å²) in [6.45, 7) is 5.54. The van der Waals surface area contributed by atoms with Crippen LogP contribution in [0.2, 0.25) is 0 Å². The molecule has 6 heavy (non-hydrogen) atoms. The zero-order valence-corrected chi connectivity index (χ0v) is 4.31. The van der Waals surface area contributed by atoms with Gasteiger partial charge in [0.25, 0.3) is 0 Å². The van der Waals surface area contributed by atoms with Gasteiger partial charge in [-0.3, -0.25) is 0 Å². The molecular weight excluding hydrogens is 74.1 g/mol. The minimum absolute atomic E-state index is 0.727. The highest BCUT2D eigenvalue weighted by Gasteiger charge is 2.25. The van der Waals surface area contributed by atoms with E-state index in [-0.39, 0.29) is 0 Å². The molecule has 0 amide bonds. The first-order valence-electron chi connectivity index (χ1n) is 2.47. The molecule has 0 aliphatic carbocycles. The number of nitrogens with zero attached hydrogens (tertiary/aromatic N) is 1. The van der Waals surface area contributed by atoms with Crippen LogP contribution in [0.3, 0.4) is 0 Å². The van der Waals surface area contributed by atoms with E-state index in [9.17, 15) is 0 Å². The summed E-state index contributed by atoms with van der Waals surface area (Å²) in [6.07, 6.45) is 0. The molecule has 1 radical (unpaired) electrons. The van der Waals surface area contributed by atoms with Crippen LogP contribution in [0.15, 0.2) is 0 Å². The first-order chi connectivity index (χ1) is 2.80. The van der Waals surface area contributed by atoms with E-state index in [0.717, 1.165) is 18.5 Å². The third kappa shape index (κ3) is 0.716. The summed E-state index contributed by atoms with van der Waals surface area (Å²) in [5.41, 5.74) is 0. The molecule has 1 nitrogen and oxygen atoms in total. The Morgan fingerprint density at radius 3 is 2.17 bits per heavy atom. The third-order valence-corrected chi connectivity index (χ3v) is 1.16. The van der Waals surface area contributed by atoms with Gasteiger partial charge in [0.2, 0.25) is 0 Å². The monoisotopic (exact) mass is 84.1 g/mol. The average Bonchev–Trinajstić information content (AvgIpc) is 2.06. The Morgan fingerprint density at radius 2 is 2.17 bits per heavy atom. The van der Waals surface area contributed by atoms with Crippen LogP contribution in [0.5, 0.6) is 0 Å². The van der Waals surface area contributed by atoms with E-state index in [1.807, 2.05) is 0 Å². The van der Waals surface area contributed by atoms with Gasteiger partial charge in [0.15, 0.2) is 0 Å². The van der Waals surface area contributed by atoms with E-state index < -0.39 is 0 Å². The highest BCUT2D eigenvalue weighted by Crippen LogP contribution is 2.11. The van der Waals surface area contributed by atoms with Crippen LogP contribution in [-0.4, -0.2) is 12.6 Å². The molecule has 35 valence electrons. The Labute approximate surface area is 38.7 Å². The van der Waals surface area contributed by atoms with Crippen molar-refractivity contribution in [2.75, 3.05) is 6.54 Å². The number of rotatable bonds is 1. The predicted octanol–water partition coefficient (Wildman–Crippen LogP) is 0.629. The second-order valence-electron chi connectivity index (χ2n) is 2.18. The lowest BCUT2D eigenvalue weighted by Crippen LogP contribution is -1.96. The quantitative estimate of drug-likeness (QED) is 0.414. The summed E-state index contributed by atoms with van der Waals surface area (Å²) < 4.78 is 0. The Hall–Kier alpha value is -0.0400. The van der Waals surface area contributed by atoms with Gasteiger partial charge >= 0.3 is 0 Å². The van der Waals surface area contributed by atoms with Gasteiger partial charge in [-0.2, -0.15) is 0 Å². The molecule has 1 aliphatic rings. The summed E-state index contributed by atoms with van der Waals surface area (Å²) >= 11 is 0. The van der Waals surface area contributed by atoms with E-state index in [4.69, 9.17) is 0 Å². The fourth-order valence-electron chi connectivity index (χ4n) is 0.482. The molecule has 1 rings (SSSR count). The second-order valence-corrected chi connectivity index (χ2v) is 2.18. The Kier molecular flexibility index (Phi) is 0.845. The van der Waals surface area contributed by atoms with E-state index in [1.165, 1.54) is 0 Å². The minimum Gasteiger partial charge on any atom is -0.235 e. The van der Waals surface area contributed by atoms with Crippen LogP contribution in [0.4, 0.5) is 0 Å². The summed E-state index contributed by atoms with van der Waals surface area (Å²) in [5, 5.41) is 4.10. The molecule has 1 atom stereocenters. The lowest BCUT2D eigenvalue weighted by atomic mass is 10.1. The van der Waals surface area contributed by atoms with Crippen molar-refractivity contribution in [1.82, 2.24) is 5.32 Å². The molecule has 1 saturated heterocycles. The number of hydrogen-bond donors (Lipinski definition) is 0. The average molecular weight is 84.1 g/mol. The maximum absolute atomic E-state index is 4.10. The summed E-state index contributed by atoms with van der Waals surface area (Å²) in [6, 6.07) is 0.727. The van der Waals surface area contributed by atoms with Crippen molar-refractivity contribution < 1.29 is 0 Å². The molecule has 0 saturated carbocycles. The van der Waals surface area contributed by atoms with E-state index >= 15 is 0 Å². The molecule has 1 unspecified atom stereocenters. The molecule has 0 aromatic heterocycles. The van der Waals surface area contributed by atoms with Gasteiger partial charge in [-0.05, 0) is 5.92 Å². The molecule has 1 fully saturated rings. The molecule has 1 heterocycles. The molecule has 1 heteroatoms. The minimum atomic E-state index is 0.727. The van der Waals surface area contributed by atoms with Gasteiger partial charge in [0, 0.05) is 12.6 Å². The van der Waals surface area contributed by atoms with Crippen molar-refractivity contribution in [3.63, 3.8) is 0 Å². The highest BCUT2D eigenvalue weighted by molar-refractivity contribution is 4.84. The fraction of sp³-hybridized carbons (Fsp3) is 1.00. The summed E-state index contributed by atoms with van der Waals surface area (Å²) in [7, 11) is 0. The zero-order chi connectivity index (χ0) is 4.57. The topological polar surface area (TPSA) is 14.1 Å². The standard InChI is InChI=1S/C5H10N/c1-4(2)5-3-6-5/h4-5H,3H2,1-2H3. The largest absolute Gasteiger partial charge is 0.235 e. The molecule has 1 aliphatic heterocycles. The summed E-state index contributed by atoms with van der Waals surface area (Å²) in [5.74, 6) is 0.796. The van der Waals surface area contributed by atoms with Crippen LogP contribution in [0.1, 0.15) is 13.8 Å². The molecule has 0 bridgehead atoms. The van der Waals surface area contributed by atoms with Crippen molar-refractivity contribution >= 4 is 0 Å². The lowest BCUT2D eigenvalue weighted by Gasteiger charge is -1.91. The van der Waals surface area contributed by atoms with Crippen LogP contribution >= 0.6 is 0 Å². The highest BCUT2D eigenvalue weighted by atomic mass is 15.1. The van der Waals surface area contributed by atoms with Crippen molar-refractivity contribution in [2.45, 2.75) is 19.9 Å². The van der Waals surface area contributed by atoms with Crippen LogP contribution < -0.4 is 5.32 Å². The Bertz CT molecular complexity index is 45.9. The molecular formula is C5H10N. The Morgan fingerprint density at radius 1 is 1.67 bits per heavy atom. The van der Waals surface area contributed by atoms with Crippen molar-refractivity contribution in [1.29, 1.82) is 0 Å². The van der Waals surface area contributed by atoms with Gasteiger partial charge in [0.05, 0.1) is 0 Å². The first kappa shape index (κ1) is 4.13. The van der Waals surface area contributed by atoms with Crippen molar-refractivity contribution in [3.05, 3.63) is 0 Å². The van der Waals surface area contributed by atoms with Crippen LogP contribution in [-0.2, 0) is 0 Å². The zero-order valence-electron chi connectivity index (χ0n) is 4.31. The summed E-state index contributed by atoms with van der Waals surface area (Å²) in [4.78, 5) is 0. The van der Waals surface area contributed by atoms with E-state index in [1.54, 1.807) is 0 Å². The van der Waals surface area contributed by atoms with Gasteiger partial charge in [-0.1, -0.05) is 13.8 Å². The Balaban J connectivity index is 2.13. The van der Waals surface area contributed by atoms with Gasteiger partial charge in [-0.25, -0.2) is 5.32 Å². The smallest absolute Gasteiger partial charge is 0.0411 e. The maximum atomic E-state index is 4.10. The van der Waals surface area contributed by atoms with Crippen molar-refractivity contribution in [2.24, 2.45) is 5.92 Å². The maximum Gasteiger partial charge on any atom is 0.0411 e. The van der Waals surface area contributed by atoms with Gasteiger partial charge < -0.3 is 0 Å².